The lowest BCUT2D eigenvalue weighted by Crippen LogP contribution is -2.19. The zero-order valence-corrected chi connectivity index (χ0v) is 13.3. The molecule has 4 N–H and O–H groups in total. The largest absolute Gasteiger partial charge is 0.396 e. The zero-order valence-electron chi connectivity index (χ0n) is 11.6. The molecule has 1 fully saturated rings. The highest BCUT2D eigenvalue weighted by Gasteiger charge is 2.19. The Labute approximate surface area is 120 Å². The molecule has 0 amide bonds. The summed E-state index contributed by atoms with van der Waals surface area (Å²) >= 11 is 0. The van der Waals surface area contributed by atoms with Crippen molar-refractivity contribution in [1.29, 1.82) is 0 Å². The topological polar surface area (TPSA) is 149 Å². The number of rotatable bonds is 2. The van der Waals surface area contributed by atoms with Crippen LogP contribution in [0, 0.1) is 11.8 Å². The fraction of sp³-hybridized carbons (Fsp3) is 1.00. The van der Waals surface area contributed by atoms with E-state index in [0.717, 1.165) is 25.7 Å². The predicted molar refractivity (Wildman–Crippen MR) is 74.6 cm³/mol. The average Bonchev–Trinajstić information content (AvgIpc) is 2.25. The molecule has 0 aliphatic heterocycles. The highest BCUT2D eigenvalue weighted by atomic mass is 32.2. The molecule has 0 saturated heterocycles. The van der Waals surface area contributed by atoms with E-state index in [9.17, 15) is 16.8 Å². The van der Waals surface area contributed by atoms with E-state index in [1.54, 1.807) is 0 Å². The van der Waals surface area contributed by atoms with Crippen LogP contribution in [0.3, 0.4) is 0 Å². The lowest BCUT2D eigenvalue weighted by molar-refractivity contribution is 0.131. The molecule has 0 unspecified atom stereocenters. The molecule has 0 radical (unpaired) electrons. The monoisotopic (exact) mass is 336 g/mol. The molecular weight excluding hydrogens is 312 g/mol. The highest BCUT2D eigenvalue weighted by molar-refractivity contribution is 7.85. The van der Waals surface area contributed by atoms with E-state index in [-0.39, 0.29) is 0 Å². The van der Waals surface area contributed by atoms with Gasteiger partial charge in [-0.3, -0.25) is 9.11 Å². The Kier molecular flexibility index (Phi) is 11.5. The van der Waals surface area contributed by atoms with Crippen LogP contribution in [0.1, 0.15) is 25.7 Å². The standard InChI is InChI=1S/C8H16O2.2CH4O3S/c9-5-7-1-2-8(6-10)4-3-7;2*1-5(2,3)4/h7-10H,1-6H2;2*1H3,(H,2,3,4). The van der Waals surface area contributed by atoms with Crippen molar-refractivity contribution in [2.24, 2.45) is 11.8 Å². The van der Waals surface area contributed by atoms with Crippen molar-refractivity contribution in [2.45, 2.75) is 25.7 Å². The van der Waals surface area contributed by atoms with Crippen molar-refractivity contribution < 1.29 is 36.2 Å². The molecule has 1 aliphatic carbocycles. The van der Waals surface area contributed by atoms with Crippen molar-refractivity contribution in [3.63, 3.8) is 0 Å². The molecule has 0 heterocycles. The molecule has 10 heteroatoms. The van der Waals surface area contributed by atoms with E-state index in [2.05, 4.69) is 0 Å². The van der Waals surface area contributed by atoms with Crippen LogP contribution in [0.2, 0.25) is 0 Å². The van der Waals surface area contributed by atoms with Gasteiger partial charge in [-0.25, -0.2) is 0 Å². The first-order valence-electron chi connectivity index (χ1n) is 5.93. The maximum Gasteiger partial charge on any atom is 0.261 e. The maximum absolute atomic E-state index is 9.19. The molecule has 20 heavy (non-hydrogen) atoms. The van der Waals surface area contributed by atoms with Gasteiger partial charge in [-0.15, -0.1) is 0 Å². The zero-order chi connectivity index (χ0) is 16.4. The number of aliphatic hydroxyl groups excluding tert-OH is 2. The number of hydrogen-bond donors (Lipinski definition) is 4. The Morgan fingerprint density at radius 3 is 1.00 bits per heavy atom. The third-order valence-corrected chi connectivity index (χ3v) is 2.48. The summed E-state index contributed by atoms with van der Waals surface area (Å²) in [7, 11) is -7.33. The molecule has 8 nitrogen and oxygen atoms in total. The third kappa shape index (κ3) is 26.3. The number of hydrogen-bond acceptors (Lipinski definition) is 6. The molecule has 1 rings (SSSR count). The molecule has 124 valence electrons. The summed E-state index contributed by atoms with van der Waals surface area (Å²) in [6.07, 6.45) is 5.83. The van der Waals surface area contributed by atoms with E-state index in [0.29, 0.717) is 37.6 Å². The van der Waals surface area contributed by atoms with Gasteiger partial charge in [-0.1, -0.05) is 0 Å². The van der Waals surface area contributed by atoms with Crippen LogP contribution in [0.4, 0.5) is 0 Å². The van der Waals surface area contributed by atoms with Gasteiger partial charge in [0, 0.05) is 13.2 Å². The lowest BCUT2D eigenvalue weighted by Gasteiger charge is -2.25. The summed E-state index contributed by atoms with van der Waals surface area (Å²) in [5, 5.41) is 17.6. The van der Waals surface area contributed by atoms with Gasteiger partial charge in [-0.05, 0) is 37.5 Å². The molecule has 0 spiro atoms. The van der Waals surface area contributed by atoms with Crippen LogP contribution in [-0.2, 0) is 20.2 Å². The maximum atomic E-state index is 9.19. The van der Waals surface area contributed by atoms with Crippen LogP contribution in [0.5, 0.6) is 0 Å². The predicted octanol–water partition coefficient (Wildman–Crippen LogP) is -0.215. The normalized spacial score (nSPS) is 22.9. The Morgan fingerprint density at radius 2 is 0.900 bits per heavy atom. The van der Waals surface area contributed by atoms with Crippen molar-refractivity contribution >= 4 is 20.2 Å². The minimum atomic E-state index is -3.67. The second kappa shape index (κ2) is 10.5. The molecule has 1 aliphatic rings. The van der Waals surface area contributed by atoms with Gasteiger partial charge < -0.3 is 10.2 Å². The second-order valence-corrected chi connectivity index (χ2v) is 7.65. The van der Waals surface area contributed by atoms with Crippen LogP contribution in [0.25, 0.3) is 0 Å². The van der Waals surface area contributed by atoms with Crippen LogP contribution in [0.15, 0.2) is 0 Å². The molecule has 1 saturated carbocycles. The summed E-state index contributed by atoms with van der Waals surface area (Å²) in [6.45, 7) is 0.663. The van der Waals surface area contributed by atoms with Gasteiger partial charge in [0.2, 0.25) is 0 Å². The van der Waals surface area contributed by atoms with Gasteiger partial charge in [0.05, 0.1) is 12.5 Å². The summed E-state index contributed by atoms with van der Waals surface area (Å²) < 4.78 is 51.7. The Balaban J connectivity index is 0. The van der Waals surface area contributed by atoms with E-state index >= 15 is 0 Å². The first kappa shape index (κ1) is 22.0. The van der Waals surface area contributed by atoms with Gasteiger partial charge >= 0.3 is 0 Å². The third-order valence-electron chi connectivity index (χ3n) is 2.48. The summed E-state index contributed by atoms with van der Waals surface area (Å²) in [6, 6.07) is 0. The van der Waals surface area contributed by atoms with Gasteiger partial charge in [0.25, 0.3) is 20.2 Å². The second-order valence-electron chi connectivity index (χ2n) is 4.72. The first-order valence-corrected chi connectivity index (χ1v) is 9.63. The quantitative estimate of drug-likeness (QED) is 0.506. The van der Waals surface area contributed by atoms with Gasteiger partial charge in [-0.2, -0.15) is 16.8 Å². The molecule has 0 aromatic rings. The molecule has 0 bridgehead atoms. The van der Waals surface area contributed by atoms with E-state index < -0.39 is 20.2 Å². The lowest BCUT2D eigenvalue weighted by atomic mass is 9.83. The van der Waals surface area contributed by atoms with E-state index in [1.165, 1.54) is 0 Å². The first-order chi connectivity index (χ1) is 8.86. The molecule has 0 aromatic carbocycles. The molecule has 0 aromatic heterocycles. The Bertz CT molecular complexity index is 362. The van der Waals surface area contributed by atoms with Crippen LogP contribution >= 0.6 is 0 Å². The molecular formula is C10H24O8S2. The summed E-state index contributed by atoms with van der Waals surface area (Å²) in [4.78, 5) is 0. The van der Waals surface area contributed by atoms with Crippen molar-refractivity contribution in [3.8, 4) is 0 Å². The summed E-state index contributed by atoms with van der Waals surface area (Å²) in [5.74, 6) is 1.03. The highest BCUT2D eigenvalue weighted by Crippen LogP contribution is 2.27. The van der Waals surface area contributed by atoms with Crippen LogP contribution in [-0.4, -0.2) is 61.9 Å². The average molecular weight is 336 g/mol. The van der Waals surface area contributed by atoms with Gasteiger partial charge in [0.1, 0.15) is 0 Å². The van der Waals surface area contributed by atoms with Gasteiger partial charge in [0.15, 0.2) is 0 Å². The fourth-order valence-electron chi connectivity index (χ4n) is 1.60. The fourth-order valence-corrected chi connectivity index (χ4v) is 1.60. The minimum absolute atomic E-state index is 0.331. The van der Waals surface area contributed by atoms with Crippen molar-refractivity contribution in [3.05, 3.63) is 0 Å². The number of aliphatic hydroxyl groups is 2. The SMILES string of the molecule is CS(=O)(=O)O.CS(=O)(=O)O.OCC1CCC(CO)CC1. The Hall–Kier alpha value is -0.260. The Morgan fingerprint density at radius 1 is 0.750 bits per heavy atom. The van der Waals surface area contributed by atoms with E-state index in [4.69, 9.17) is 19.3 Å². The van der Waals surface area contributed by atoms with Crippen molar-refractivity contribution in [1.82, 2.24) is 0 Å². The molecule has 0 atom stereocenters. The minimum Gasteiger partial charge on any atom is -0.396 e. The van der Waals surface area contributed by atoms with Crippen LogP contribution < -0.4 is 0 Å². The summed E-state index contributed by atoms with van der Waals surface area (Å²) in [5.41, 5.74) is 0. The van der Waals surface area contributed by atoms with Crippen molar-refractivity contribution in [2.75, 3.05) is 25.7 Å². The van der Waals surface area contributed by atoms with E-state index in [1.807, 2.05) is 0 Å². The smallest absolute Gasteiger partial charge is 0.261 e.